The van der Waals surface area contributed by atoms with Gasteiger partial charge in [0.2, 0.25) is 0 Å². The summed E-state index contributed by atoms with van der Waals surface area (Å²) < 4.78 is 5.66. The molecule has 1 aromatic rings. The van der Waals surface area contributed by atoms with E-state index in [0.717, 1.165) is 43.7 Å². The van der Waals surface area contributed by atoms with Gasteiger partial charge >= 0.3 is 0 Å². The van der Waals surface area contributed by atoms with E-state index < -0.39 is 6.10 Å². The van der Waals surface area contributed by atoms with Gasteiger partial charge in [0.05, 0.1) is 0 Å². The molecule has 130 valence electrons. The van der Waals surface area contributed by atoms with Crippen molar-refractivity contribution in [2.24, 2.45) is 0 Å². The predicted molar refractivity (Wildman–Crippen MR) is 94.0 cm³/mol. The van der Waals surface area contributed by atoms with Crippen LogP contribution in [-0.2, 0) is 11.2 Å². The molecule has 1 aromatic carbocycles. The summed E-state index contributed by atoms with van der Waals surface area (Å²) in [5.74, 6) is 0.963. The van der Waals surface area contributed by atoms with Crippen LogP contribution >= 0.6 is 0 Å². The van der Waals surface area contributed by atoms with Crippen LogP contribution in [0.25, 0.3) is 0 Å². The highest BCUT2D eigenvalue weighted by Crippen LogP contribution is 2.14. The molecule has 0 heterocycles. The van der Waals surface area contributed by atoms with E-state index in [1.54, 1.807) is 6.92 Å². The van der Waals surface area contributed by atoms with Crippen LogP contribution in [0.15, 0.2) is 24.3 Å². The van der Waals surface area contributed by atoms with Gasteiger partial charge in [-0.15, -0.1) is 0 Å². The van der Waals surface area contributed by atoms with Crippen LogP contribution in [0.2, 0.25) is 0 Å². The third-order valence-electron chi connectivity index (χ3n) is 3.68. The van der Waals surface area contributed by atoms with Crippen molar-refractivity contribution in [2.75, 3.05) is 26.2 Å². The zero-order valence-corrected chi connectivity index (χ0v) is 14.8. The fourth-order valence-electron chi connectivity index (χ4n) is 2.54. The molecule has 0 unspecified atom stereocenters. The maximum atomic E-state index is 11.0. The fourth-order valence-corrected chi connectivity index (χ4v) is 2.54. The van der Waals surface area contributed by atoms with Crippen molar-refractivity contribution in [3.63, 3.8) is 0 Å². The number of carbonyl (C=O) groups is 1. The lowest BCUT2D eigenvalue weighted by Crippen LogP contribution is -2.36. The lowest BCUT2D eigenvalue weighted by atomic mass is 10.1. The fraction of sp³-hybridized carbons (Fsp3) is 0.632. The van der Waals surface area contributed by atoms with Gasteiger partial charge in [0, 0.05) is 13.0 Å². The van der Waals surface area contributed by atoms with E-state index in [0.29, 0.717) is 19.6 Å². The highest BCUT2D eigenvalue weighted by Gasteiger charge is 2.11. The van der Waals surface area contributed by atoms with Crippen molar-refractivity contribution >= 4 is 5.78 Å². The average Bonchev–Trinajstić information content (AvgIpc) is 2.52. The number of aryl methyl sites for hydroxylation is 1. The third-order valence-corrected chi connectivity index (χ3v) is 3.68. The minimum Gasteiger partial charge on any atom is -0.491 e. The van der Waals surface area contributed by atoms with Crippen LogP contribution in [0.3, 0.4) is 0 Å². The molecular weight excluding hydrogens is 290 g/mol. The summed E-state index contributed by atoms with van der Waals surface area (Å²) in [5.41, 5.74) is 1.13. The summed E-state index contributed by atoms with van der Waals surface area (Å²) in [6.07, 6.45) is 3.04. The molecule has 4 nitrogen and oxygen atoms in total. The number of carbonyl (C=O) groups excluding carboxylic acids is 1. The Kier molecular flexibility index (Phi) is 9.57. The van der Waals surface area contributed by atoms with E-state index in [4.69, 9.17) is 4.74 Å². The predicted octanol–water partition coefficient (Wildman–Crippen LogP) is 3.07. The van der Waals surface area contributed by atoms with E-state index >= 15 is 0 Å². The molecule has 0 spiro atoms. The maximum absolute atomic E-state index is 11.0. The Morgan fingerprint density at radius 1 is 1.17 bits per heavy atom. The smallest absolute Gasteiger partial charge is 0.130 e. The second-order valence-corrected chi connectivity index (χ2v) is 6.11. The quantitative estimate of drug-likeness (QED) is 0.643. The Morgan fingerprint density at radius 3 is 2.30 bits per heavy atom. The van der Waals surface area contributed by atoms with E-state index in [1.807, 2.05) is 24.3 Å². The minimum atomic E-state index is -0.481. The second kappa shape index (κ2) is 11.2. The Labute approximate surface area is 140 Å². The molecular formula is C19H31NO3. The number of aliphatic hydroxyl groups is 1. The van der Waals surface area contributed by atoms with Crippen molar-refractivity contribution in [2.45, 2.75) is 52.6 Å². The first-order chi connectivity index (χ1) is 11.0. The SMILES string of the molecule is CCCN(CCC)C[C@H](O)COc1ccc(CCC(C)=O)cc1. The van der Waals surface area contributed by atoms with Gasteiger partial charge in [-0.25, -0.2) is 0 Å². The van der Waals surface area contributed by atoms with E-state index in [1.165, 1.54) is 0 Å². The molecule has 23 heavy (non-hydrogen) atoms. The van der Waals surface area contributed by atoms with Crippen molar-refractivity contribution in [1.29, 1.82) is 0 Å². The molecule has 0 radical (unpaired) electrons. The maximum Gasteiger partial charge on any atom is 0.130 e. The van der Waals surface area contributed by atoms with Gasteiger partial charge in [0.15, 0.2) is 0 Å². The van der Waals surface area contributed by atoms with Gasteiger partial charge in [-0.3, -0.25) is 0 Å². The molecule has 0 bridgehead atoms. The molecule has 0 fully saturated rings. The molecule has 0 saturated carbocycles. The topological polar surface area (TPSA) is 49.8 Å². The first-order valence-electron chi connectivity index (χ1n) is 8.66. The number of rotatable bonds is 12. The van der Waals surface area contributed by atoms with Gasteiger partial charge in [-0.2, -0.15) is 0 Å². The normalized spacial score (nSPS) is 12.4. The van der Waals surface area contributed by atoms with Crippen molar-refractivity contribution < 1.29 is 14.6 Å². The van der Waals surface area contributed by atoms with Gasteiger partial charge in [0.25, 0.3) is 0 Å². The zero-order chi connectivity index (χ0) is 17.1. The number of nitrogens with zero attached hydrogens (tertiary/aromatic N) is 1. The van der Waals surface area contributed by atoms with Crippen LogP contribution in [0.4, 0.5) is 0 Å². The molecule has 0 aliphatic carbocycles. The Balaban J connectivity index is 2.37. The molecule has 0 amide bonds. The van der Waals surface area contributed by atoms with Crippen LogP contribution in [0.1, 0.15) is 45.6 Å². The number of ketones is 1. The largest absolute Gasteiger partial charge is 0.491 e. The molecule has 4 heteroatoms. The van der Waals surface area contributed by atoms with E-state index in [-0.39, 0.29) is 5.78 Å². The van der Waals surface area contributed by atoms with Crippen molar-refractivity contribution in [1.82, 2.24) is 4.90 Å². The van der Waals surface area contributed by atoms with Crippen molar-refractivity contribution in [3.05, 3.63) is 29.8 Å². The summed E-state index contributed by atoms with van der Waals surface area (Å²) in [5, 5.41) is 10.1. The van der Waals surface area contributed by atoms with Gasteiger partial charge in [-0.1, -0.05) is 26.0 Å². The van der Waals surface area contributed by atoms with Crippen LogP contribution in [0, 0.1) is 0 Å². The van der Waals surface area contributed by atoms with Crippen LogP contribution in [0.5, 0.6) is 5.75 Å². The van der Waals surface area contributed by atoms with Gasteiger partial charge in [0.1, 0.15) is 24.2 Å². The number of aliphatic hydroxyl groups excluding tert-OH is 1. The highest BCUT2D eigenvalue weighted by atomic mass is 16.5. The molecule has 0 aliphatic heterocycles. The average molecular weight is 321 g/mol. The number of benzene rings is 1. The Morgan fingerprint density at radius 2 is 1.78 bits per heavy atom. The molecule has 1 N–H and O–H groups in total. The summed E-state index contributed by atoms with van der Waals surface area (Å²) in [6.45, 7) is 8.89. The number of hydrogen-bond donors (Lipinski definition) is 1. The second-order valence-electron chi connectivity index (χ2n) is 6.11. The van der Waals surface area contributed by atoms with E-state index in [2.05, 4.69) is 18.7 Å². The standard InChI is InChI=1S/C19H31NO3/c1-4-12-20(13-5-2)14-18(22)15-23-19-10-8-17(9-11-19)7-6-16(3)21/h8-11,18,22H,4-7,12-15H2,1-3H3/t18-/m0/s1. The Hall–Kier alpha value is -1.39. The molecule has 0 aromatic heterocycles. The summed E-state index contributed by atoms with van der Waals surface area (Å²) in [4.78, 5) is 13.3. The molecule has 1 atom stereocenters. The monoisotopic (exact) mass is 321 g/mol. The van der Waals surface area contributed by atoms with Gasteiger partial charge in [-0.05, 0) is 57.0 Å². The lowest BCUT2D eigenvalue weighted by Gasteiger charge is -2.24. The number of hydrogen-bond acceptors (Lipinski definition) is 4. The first kappa shape index (κ1) is 19.7. The number of ether oxygens (including phenoxy) is 1. The summed E-state index contributed by atoms with van der Waals surface area (Å²) in [6, 6.07) is 7.76. The Bertz CT molecular complexity index is 438. The first-order valence-corrected chi connectivity index (χ1v) is 8.66. The van der Waals surface area contributed by atoms with Crippen molar-refractivity contribution in [3.8, 4) is 5.75 Å². The van der Waals surface area contributed by atoms with Crippen LogP contribution in [-0.4, -0.2) is 48.1 Å². The van der Waals surface area contributed by atoms with Gasteiger partial charge < -0.3 is 19.5 Å². The number of Topliss-reactive ketones (excluding diaryl/α,β-unsaturated/α-hetero) is 1. The summed E-state index contributed by atoms with van der Waals surface area (Å²) in [7, 11) is 0. The third kappa shape index (κ3) is 8.72. The summed E-state index contributed by atoms with van der Waals surface area (Å²) >= 11 is 0. The zero-order valence-electron chi connectivity index (χ0n) is 14.8. The molecule has 0 saturated heterocycles. The molecule has 0 aliphatic rings. The lowest BCUT2D eigenvalue weighted by molar-refractivity contribution is -0.116. The highest BCUT2D eigenvalue weighted by molar-refractivity contribution is 5.75. The molecule has 1 rings (SSSR count). The minimum absolute atomic E-state index is 0.206. The van der Waals surface area contributed by atoms with Crippen LogP contribution < -0.4 is 4.74 Å². The van der Waals surface area contributed by atoms with E-state index in [9.17, 15) is 9.90 Å².